The number of piperidine rings is 3. The molecule has 6 nitrogen and oxygen atoms in total. The van der Waals surface area contributed by atoms with Gasteiger partial charge in [0.25, 0.3) is 10.2 Å². The molecule has 0 aromatic heterocycles. The zero-order chi connectivity index (χ0) is 20.0. The molecule has 3 fully saturated rings. The SMILES string of the molecule is COc1ccc2c(c1)CCN1C[C@H]3CCCN(S(=O)(=O)N4CCCCC4)[C@H]3C[C@H]21.Cl. The van der Waals surface area contributed by atoms with Gasteiger partial charge in [0, 0.05) is 44.8 Å². The fourth-order valence-electron chi connectivity index (χ4n) is 6.05. The van der Waals surface area contributed by atoms with Crippen LogP contribution in [0.4, 0.5) is 0 Å². The molecular formula is C22H34ClN3O3S. The van der Waals surface area contributed by atoms with Gasteiger partial charge in [0.15, 0.2) is 0 Å². The highest BCUT2D eigenvalue weighted by Gasteiger charge is 2.47. The number of fused-ring (bicyclic) bond motifs is 4. The topological polar surface area (TPSA) is 53.1 Å². The van der Waals surface area contributed by atoms with Gasteiger partial charge in [-0.2, -0.15) is 17.0 Å². The average molecular weight is 456 g/mol. The Labute approximate surface area is 187 Å². The minimum atomic E-state index is -3.35. The number of ether oxygens (including phenoxy) is 1. The molecule has 8 heteroatoms. The first kappa shape index (κ1) is 22.3. The number of nitrogens with zero attached hydrogens (tertiary/aromatic N) is 3. The maximum atomic E-state index is 13.5. The highest BCUT2D eigenvalue weighted by Crippen LogP contribution is 2.44. The summed E-state index contributed by atoms with van der Waals surface area (Å²) in [5, 5.41) is 0. The largest absolute Gasteiger partial charge is 0.497 e. The Bertz CT molecular complexity index is 859. The lowest BCUT2D eigenvalue weighted by Gasteiger charge is -2.52. The molecule has 3 saturated heterocycles. The molecule has 1 aromatic carbocycles. The van der Waals surface area contributed by atoms with Crippen LogP contribution in [0.3, 0.4) is 0 Å². The number of rotatable bonds is 3. The second-order valence-corrected chi connectivity index (χ2v) is 11.0. The average Bonchev–Trinajstić information content (AvgIpc) is 2.77. The Morgan fingerprint density at radius 1 is 1.03 bits per heavy atom. The van der Waals surface area contributed by atoms with Gasteiger partial charge in [0.05, 0.1) is 7.11 Å². The van der Waals surface area contributed by atoms with Crippen molar-refractivity contribution in [2.45, 2.75) is 57.0 Å². The van der Waals surface area contributed by atoms with E-state index in [2.05, 4.69) is 23.1 Å². The standard InChI is InChI=1S/C22H33N3O3S.ClH/c1-28-19-7-8-20-17(14-19)9-13-23-16-18-6-5-12-25(21(18)15-22(20)23)29(26,27)24-10-3-2-4-11-24;/h7-8,14,18,21-22H,2-6,9-13,15-16H2,1H3;1H/t18-,21+,22-;/m1./s1. The lowest BCUT2D eigenvalue weighted by atomic mass is 9.77. The van der Waals surface area contributed by atoms with Crippen molar-refractivity contribution in [3.05, 3.63) is 29.3 Å². The van der Waals surface area contributed by atoms with Crippen LogP contribution in [-0.2, 0) is 16.6 Å². The smallest absolute Gasteiger partial charge is 0.282 e. The van der Waals surface area contributed by atoms with Gasteiger partial charge < -0.3 is 4.74 Å². The van der Waals surface area contributed by atoms with Crippen LogP contribution in [0, 0.1) is 5.92 Å². The normalized spacial score (nSPS) is 30.5. The van der Waals surface area contributed by atoms with Crippen LogP contribution in [0.5, 0.6) is 5.75 Å². The summed E-state index contributed by atoms with van der Waals surface area (Å²) in [7, 11) is -1.64. The summed E-state index contributed by atoms with van der Waals surface area (Å²) < 4.78 is 36.1. The van der Waals surface area contributed by atoms with E-state index in [0.29, 0.717) is 31.6 Å². The molecule has 3 atom stereocenters. The van der Waals surface area contributed by atoms with Crippen molar-refractivity contribution in [2.75, 3.05) is 39.8 Å². The fourth-order valence-corrected chi connectivity index (χ4v) is 8.02. The molecule has 4 heterocycles. The zero-order valence-corrected chi connectivity index (χ0v) is 19.5. The first-order valence-corrected chi connectivity index (χ1v) is 12.7. The van der Waals surface area contributed by atoms with Crippen molar-refractivity contribution >= 4 is 22.6 Å². The molecule has 0 amide bonds. The van der Waals surface area contributed by atoms with E-state index in [4.69, 9.17) is 4.74 Å². The molecule has 0 spiro atoms. The van der Waals surface area contributed by atoms with E-state index in [9.17, 15) is 8.42 Å². The first-order valence-electron chi connectivity index (χ1n) is 11.3. The molecule has 4 aliphatic heterocycles. The van der Waals surface area contributed by atoms with Gasteiger partial charge in [0.2, 0.25) is 0 Å². The molecule has 0 unspecified atom stereocenters. The molecule has 0 radical (unpaired) electrons. The highest BCUT2D eigenvalue weighted by molar-refractivity contribution is 7.86. The summed E-state index contributed by atoms with van der Waals surface area (Å²) in [6.07, 6.45) is 7.23. The van der Waals surface area contributed by atoms with E-state index < -0.39 is 10.2 Å². The molecule has 5 rings (SSSR count). The predicted molar refractivity (Wildman–Crippen MR) is 120 cm³/mol. The quantitative estimate of drug-likeness (QED) is 0.702. The van der Waals surface area contributed by atoms with E-state index >= 15 is 0 Å². The van der Waals surface area contributed by atoms with Crippen LogP contribution in [0.15, 0.2) is 18.2 Å². The second kappa shape index (κ2) is 8.94. The first-order chi connectivity index (χ1) is 14.1. The van der Waals surface area contributed by atoms with E-state index in [1.54, 1.807) is 11.4 Å². The molecule has 0 aliphatic carbocycles. The highest BCUT2D eigenvalue weighted by atomic mass is 35.5. The van der Waals surface area contributed by atoms with Crippen molar-refractivity contribution in [1.82, 2.24) is 13.5 Å². The van der Waals surface area contributed by atoms with Crippen molar-refractivity contribution in [3.63, 3.8) is 0 Å². The van der Waals surface area contributed by atoms with Gasteiger partial charge in [-0.3, -0.25) is 4.90 Å². The van der Waals surface area contributed by atoms with Crippen molar-refractivity contribution in [3.8, 4) is 5.75 Å². The van der Waals surface area contributed by atoms with Crippen LogP contribution in [0.1, 0.15) is 55.7 Å². The predicted octanol–water partition coefficient (Wildman–Crippen LogP) is 3.23. The summed E-state index contributed by atoms with van der Waals surface area (Å²) in [4.78, 5) is 2.60. The summed E-state index contributed by atoms with van der Waals surface area (Å²) in [5.74, 6) is 1.37. The van der Waals surface area contributed by atoms with E-state index in [0.717, 1.165) is 63.8 Å². The third-order valence-electron chi connectivity index (χ3n) is 7.56. The third kappa shape index (κ3) is 3.88. The Hall–Kier alpha value is -0.860. The Kier molecular flexibility index (Phi) is 6.66. The third-order valence-corrected chi connectivity index (χ3v) is 9.62. The summed E-state index contributed by atoms with van der Waals surface area (Å²) in [6, 6.07) is 6.88. The van der Waals surface area contributed by atoms with Crippen LogP contribution < -0.4 is 4.74 Å². The molecule has 30 heavy (non-hydrogen) atoms. The maximum absolute atomic E-state index is 13.5. The van der Waals surface area contributed by atoms with Gasteiger partial charge in [0.1, 0.15) is 5.75 Å². The van der Waals surface area contributed by atoms with Crippen LogP contribution >= 0.6 is 12.4 Å². The molecule has 168 valence electrons. The molecule has 4 aliphatic rings. The van der Waals surface area contributed by atoms with Gasteiger partial charge in [-0.1, -0.05) is 12.5 Å². The van der Waals surface area contributed by atoms with Crippen molar-refractivity contribution < 1.29 is 13.2 Å². The molecule has 1 aromatic rings. The number of hydrogen-bond donors (Lipinski definition) is 0. The number of methoxy groups -OCH3 is 1. The number of benzene rings is 1. The number of halogens is 1. The Morgan fingerprint density at radius 2 is 1.83 bits per heavy atom. The Balaban J connectivity index is 0.00000218. The van der Waals surface area contributed by atoms with Gasteiger partial charge in [-0.25, -0.2) is 0 Å². The summed E-state index contributed by atoms with van der Waals surface area (Å²) in [5.41, 5.74) is 2.74. The minimum absolute atomic E-state index is 0. The molecule has 0 saturated carbocycles. The van der Waals surface area contributed by atoms with Crippen molar-refractivity contribution in [2.24, 2.45) is 5.92 Å². The maximum Gasteiger partial charge on any atom is 0.282 e. The second-order valence-electron chi connectivity index (χ2n) is 9.11. The van der Waals surface area contributed by atoms with Gasteiger partial charge in [-0.05, 0) is 67.7 Å². The van der Waals surface area contributed by atoms with Gasteiger partial charge in [-0.15, -0.1) is 12.4 Å². The molecule has 0 bridgehead atoms. The lowest BCUT2D eigenvalue weighted by molar-refractivity contribution is 0.0194. The Morgan fingerprint density at radius 3 is 2.60 bits per heavy atom. The zero-order valence-electron chi connectivity index (χ0n) is 17.8. The van der Waals surface area contributed by atoms with Crippen LogP contribution in [0.25, 0.3) is 0 Å². The van der Waals surface area contributed by atoms with Crippen LogP contribution in [0.2, 0.25) is 0 Å². The van der Waals surface area contributed by atoms with E-state index in [1.807, 2.05) is 4.31 Å². The summed E-state index contributed by atoms with van der Waals surface area (Å²) >= 11 is 0. The fraction of sp³-hybridized carbons (Fsp3) is 0.727. The lowest BCUT2D eigenvalue weighted by Crippen LogP contribution is -2.60. The van der Waals surface area contributed by atoms with Crippen LogP contribution in [-0.4, -0.2) is 67.8 Å². The van der Waals surface area contributed by atoms with Crippen molar-refractivity contribution in [1.29, 1.82) is 0 Å². The molecule has 0 N–H and O–H groups in total. The monoisotopic (exact) mass is 455 g/mol. The van der Waals surface area contributed by atoms with Gasteiger partial charge >= 0.3 is 0 Å². The van der Waals surface area contributed by atoms with E-state index in [1.165, 1.54) is 11.1 Å². The summed E-state index contributed by atoms with van der Waals surface area (Å²) in [6.45, 7) is 4.14. The van der Waals surface area contributed by atoms with E-state index in [-0.39, 0.29) is 18.4 Å². The minimum Gasteiger partial charge on any atom is -0.497 e. The number of hydrogen-bond acceptors (Lipinski definition) is 4. The molecular weight excluding hydrogens is 422 g/mol.